The summed E-state index contributed by atoms with van der Waals surface area (Å²) < 4.78 is 22.8. The third-order valence-electron chi connectivity index (χ3n) is 6.56. The van der Waals surface area contributed by atoms with Crippen LogP contribution in [0.1, 0.15) is 25.7 Å². The molecule has 1 aromatic carbocycles. The van der Waals surface area contributed by atoms with Gasteiger partial charge in [0, 0.05) is 38.4 Å². The lowest BCUT2D eigenvalue weighted by Gasteiger charge is -2.44. The van der Waals surface area contributed by atoms with E-state index in [4.69, 9.17) is 5.14 Å². The molecule has 1 aromatic rings. The van der Waals surface area contributed by atoms with E-state index in [1.807, 2.05) is 4.90 Å². The van der Waals surface area contributed by atoms with Crippen LogP contribution in [-0.4, -0.2) is 58.5 Å². The van der Waals surface area contributed by atoms with Crippen molar-refractivity contribution in [3.05, 3.63) is 24.3 Å². The van der Waals surface area contributed by atoms with Crippen LogP contribution in [0.4, 0.5) is 5.69 Å². The maximum atomic E-state index is 13.3. The summed E-state index contributed by atoms with van der Waals surface area (Å²) in [7, 11) is -3.67. The van der Waals surface area contributed by atoms with Crippen LogP contribution in [0, 0.1) is 11.3 Å². The molecule has 2 heterocycles. The third-order valence-corrected chi connectivity index (χ3v) is 7.49. The Balaban J connectivity index is 1.41. The summed E-state index contributed by atoms with van der Waals surface area (Å²) in [5, 5.41) is 8.62. The second-order valence-corrected chi connectivity index (χ2v) is 9.61. The zero-order chi connectivity index (χ0) is 19.1. The molecule has 3 fully saturated rings. The molecule has 148 valence electrons. The molecular formula is C19H28N4O3S. The van der Waals surface area contributed by atoms with Crippen LogP contribution in [0.5, 0.6) is 0 Å². The van der Waals surface area contributed by atoms with Gasteiger partial charge in [-0.2, -0.15) is 0 Å². The summed E-state index contributed by atoms with van der Waals surface area (Å²) in [6.45, 7) is 4.74. The van der Waals surface area contributed by atoms with Gasteiger partial charge in [0.2, 0.25) is 15.9 Å². The zero-order valence-electron chi connectivity index (χ0n) is 15.6. The van der Waals surface area contributed by atoms with E-state index >= 15 is 0 Å². The van der Waals surface area contributed by atoms with Crippen LogP contribution in [0.2, 0.25) is 0 Å². The van der Waals surface area contributed by atoms with Gasteiger partial charge >= 0.3 is 0 Å². The predicted molar refractivity (Wildman–Crippen MR) is 104 cm³/mol. The number of carbonyl (C=O) groups is 1. The van der Waals surface area contributed by atoms with E-state index in [-0.39, 0.29) is 10.3 Å². The molecule has 0 bridgehead atoms. The van der Waals surface area contributed by atoms with Crippen molar-refractivity contribution in [1.29, 1.82) is 0 Å². The number of carbonyl (C=O) groups excluding carboxylic acids is 1. The van der Waals surface area contributed by atoms with E-state index in [0.717, 1.165) is 51.1 Å². The summed E-state index contributed by atoms with van der Waals surface area (Å²) >= 11 is 0. The molecule has 0 spiro atoms. The largest absolute Gasteiger partial charge is 0.368 e. The molecule has 3 N–H and O–H groups in total. The van der Waals surface area contributed by atoms with Crippen molar-refractivity contribution >= 4 is 21.6 Å². The highest BCUT2D eigenvalue weighted by Gasteiger charge is 2.51. The number of sulfonamides is 1. The number of hydrogen-bond donors (Lipinski definition) is 2. The fraction of sp³-hybridized carbons (Fsp3) is 0.632. The van der Waals surface area contributed by atoms with Gasteiger partial charge in [-0.1, -0.05) is 12.8 Å². The summed E-state index contributed by atoms with van der Waals surface area (Å²) in [5.74, 6) is 0.823. The molecule has 0 aromatic heterocycles. The minimum atomic E-state index is -3.67. The number of anilines is 1. The SMILES string of the molecule is NS(=O)(=O)c1ccc(N2CCN(C(=O)[C@@]34CCCC[C@H]3CNC4)CC2)cc1. The quantitative estimate of drug-likeness (QED) is 0.792. The summed E-state index contributed by atoms with van der Waals surface area (Å²) in [6.07, 6.45) is 4.57. The van der Waals surface area contributed by atoms with Crippen LogP contribution in [0.3, 0.4) is 0 Å². The van der Waals surface area contributed by atoms with Crippen molar-refractivity contribution in [3.63, 3.8) is 0 Å². The maximum Gasteiger partial charge on any atom is 0.238 e. The van der Waals surface area contributed by atoms with Crippen molar-refractivity contribution in [2.24, 2.45) is 16.5 Å². The first-order chi connectivity index (χ1) is 12.9. The summed E-state index contributed by atoms with van der Waals surface area (Å²) in [5.41, 5.74) is 0.781. The number of nitrogens with one attached hydrogen (secondary N) is 1. The first kappa shape index (κ1) is 18.7. The van der Waals surface area contributed by atoms with E-state index in [2.05, 4.69) is 10.2 Å². The van der Waals surface area contributed by atoms with Gasteiger partial charge in [-0.05, 0) is 49.6 Å². The Kier molecular flexibility index (Phi) is 4.90. The van der Waals surface area contributed by atoms with Crippen molar-refractivity contribution in [2.45, 2.75) is 30.6 Å². The smallest absolute Gasteiger partial charge is 0.238 e. The molecule has 7 nitrogen and oxygen atoms in total. The third kappa shape index (κ3) is 3.46. The van der Waals surface area contributed by atoms with E-state index < -0.39 is 10.0 Å². The number of benzene rings is 1. The highest BCUT2D eigenvalue weighted by molar-refractivity contribution is 7.89. The van der Waals surface area contributed by atoms with Gasteiger partial charge in [0.05, 0.1) is 10.3 Å². The minimum Gasteiger partial charge on any atom is -0.368 e. The molecule has 4 rings (SSSR count). The number of nitrogens with zero attached hydrogens (tertiary/aromatic N) is 2. The van der Waals surface area contributed by atoms with Crippen LogP contribution in [0.15, 0.2) is 29.2 Å². The number of nitrogens with two attached hydrogens (primary N) is 1. The van der Waals surface area contributed by atoms with Crippen LogP contribution < -0.4 is 15.4 Å². The van der Waals surface area contributed by atoms with Gasteiger partial charge in [0.25, 0.3) is 0 Å². The number of primary sulfonamides is 1. The van der Waals surface area contributed by atoms with Crippen molar-refractivity contribution in [3.8, 4) is 0 Å². The molecule has 1 saturated carbocycles. The Morgan fingerprint density at radius 2 is 1.81 bits per heavy atom. The van der Waals surface area contributed by atoms with Crippen molar-refractivity contribution in [1.82, 2.24) is 10.2 Å². The summed E-state index contributed by atoms with van der Waals surface area (Å²) in [6, 6.07) is 6.65. The van der Waals surface area contributed by atoms with Gasteiger partial charge in [-0.25, -0.2) is 13.6 Å². The van der Waals surface area contributed by atoms with Crippen LogP contribution >= 0.6 is 0 Å². The van der Waals surface area contributed by atoms with E-state index in [1.165, 1.54) is 18.6 Å². The van der Waals surface area contributed by atoms with E-state index in [0.29, 0.717) is 24.9 Å². The topological polar surface area (TPSA) is 95.7 Å². The number of rotatable bonds is 3. The molecule has 2 saturated heterocycles. The highest BCUT2D eigenvalue weighted by Crippen LogP contribution is 2.45. The second-order valence-electron chi connectivity index (χ2n) is 8.05. The molecule has 8 heteroatoms. The van der Waals surface area contributed by atoms with Gasteiger partial charge in [-0.15, -0.1) is 0 Å². The lowest BCUT2D eigenvalue weighted by atomic mass is 9.67. The Labute approximate surface area is 160 Å². The fourth-order valence-electron chi connectivity index (χ4n) is 5.00. The molecule has 1 aliphatic carbocycles. The molecule has 3 aliphatic rings. The molecule has 2 aliphatic heterocycles. The molecule has 27 heavy (non-hydrogen) atoms. The highest BCUT2D eigenvalue weighted by atomic mass is 32.2. The average Bonchev–Trinajstić information content (AvgIpc) is 3.12. The number of amides is 1. The molecule has 2 atom stereocenters. The Hall–Kier alpha value is -1.64. The van der Waals surface area contributed by atoms with Gasteiger partial charge in [0.1, 0.15) is 0 Å². The van der Waals surface area contributed by atoms with Gasteiger partial charge in [-0.3, -0.25) is 4.79 Å². The maximum absolute atomic E-state index is 13.3. The molecular weight excluding hydrogens is 364 g/mol. The average molecular weight is 393 g/mol. The monoisotopic (exact) mass is 392 g/mol. The normalized spacial score (nSPS) is 28.9. The lowest BCUT2D eigenvalue weighted by molar-refractivity contribution is -0.145. The molecule has 0 unspecified atom stereocenters. The van der Waals surface area contributed by atoms with Crippen LogP contribution in [0.25, 0.3) is 0 Å². The first-order valence-corrected chi connectivity index (χ1v) is 11.3. The number of piperazine rings is 1. The van der Waals surface area contributed by atoms with Gasteiger partial charge < -0.3 is 15.1 Å². The van der Waals surface area contributed by atoms with E-state index in [9.17, 15) is 13.2 Å². The van der Waals surface area contributed by atoms with Crippen molar-refractivity contribution < 1.29 is 13.2 Å². The standard InChI is InChI=1S/C19H28N4O3S/c20-27(25,26)17-6-4-16(5-7-17)22-9-11-23(12-10-22)18(24)19-8-2-1-3-15(19)13-21-14-19/h4-7,15,21H,1-3,8-14H2,(H2,20,25,26)/t15-,19+/m0/s1. The van der Waals surface area contributed by atoms with Gasteiger partial charge in [0.15, 0.2) is 0 Å². The second kappa shape index (κ2) is 7.07. The lowest BCUT2D eigenvalue weighted by Crippen LogP contribution is -2.56. The predicted octanol–water partition coefficient (Wildman–Crippen LogP) is 0.762. The number of hydrogen-bond acceptors (Lipinski definition) is 5. The Bertz CT molecular complexity index is 803. The molecule has 1 amide bonds. The Morgan fingerprint density at radius 1 is 1.11 bits per heavy atom. The number of fused-ring (bicyclic) bond motifs is 1. The first-order valence-electron chi connectivity index (χ1n) is 9.78. The van der Waals surface area contributed by atoms with Crippen molar-refractivity contribution in [2.75, 3.05) is 44.2 Å². The van der Waals surface area contributed by atoms with E-state index in [1.54, 1.807) is 12.1 Å². The summed E-state index contributed by atoms with van der Waals surface area (Å²) in [4.78, 5) is 17.7. The zero-order valence-corrected chi connectivity index (χ0v) is 16.4. The minimum absolute atomic E-state index is 0.122. The molecule has 0 radical (unpaired) electrons. The Morgan fingerprint density at radius 3 is 2.48 bits per heavy atom. The fourth-order valence-corrected chi connectivity index (χ4v) is 5.51. The van der Waals surface area contributed by atoms with Crippen LogP contribution in [-0.2, 0) is 14.8 Å².